The van der Waals surface area contributed by atoms with E-state index in [4.69, 9.17) is 0 Å². The maximum Gasteiger partial charge on any atom is -0.00930 e. The van der Waals surface area contributed by atoms with Crippen molar-refractivity contribution in [2.24, 2.45) is 5.92 Å². The standard InChI is InChI=1S/C14H19/c1-2-7-13(8-3-1)11-6-12-14-9-4-5-10-14/h1-3,7-8,11,14H,4-6,9-10,12H2. The molecular formula is C14H19. The van der Waals surface area contributed by atoms with Crippen LogP contribution in [0.1, 0.15) is 44.1 Å². The minimum absolute atomic E-state index is 1.02. The van der Waals surface area contributed by atoms with Crippen molar-refractivity contribution in [1.82, 2.24) is 0 Å². The van der Waals surface area contributed by atoms with E-state index in [2.05, 4.69) is 36.8 Å². The van der Waals surface area contributed by atoms with E-state index >= 15 is 0 Å². The fraction of sp³-hybridized carbons (Fsp3) is 0.500. The molecule has 0 amide bonds. The summed E-state index contributed by atoms with van der Waals surface area (Å²) in [5, 5.41) is 0. The lowest BCUT2D eigenvalue weighted by atomic mass is 9.98. The first-order valence-electron chi connectivity index (χ1n) is 5.83. The molecule has 0 aliphatic heterocycles. The summed E-state index contributed by atoms with van der Waals surface area (Å²) in [6.07, 6.45) is 10.9. The van der Waals surface area contributed by atoms with Crippen molar-refractivity contribution < 1.29 is 0 Å². The highest BCUT2D eigenvalue weighted by atomic mass is 14.2. The molecule has 1 aromatic rings. The van der Waals surface area contributed by atoms with Crippen molar-refractivity contribution in [1.29, 1.82) is 0 Å². The summed E-state index contributed by atoms with van der Waals surface area (Å²) in [5.41, 5.74) is 1.38. The first-order valence-corrected chi connectivity index (χ1v) is 5.83. The lowest BCUT2D eigenvalue weighted by Gasteiger charge is -2.07. The van der Waals surface area contributed by atoms with Crippen molar-refractivity contribution in [2.75, 3.05) is 0 Å². The molecule has 0 bridgehead atoms. The molecule has 0 N–H and O–H groups in total. The zero-order valence-corrected chi connectivity index (χ0v) is 8.78. The smallest absolute Gasteiger partial charge is 0.00930 e. The molecule has 1 aliphatic carbocycles. The van der Waals surface area contributed by atoms with Crippen LogP contribution in [-0.4, -0.2) is 0 Å². The topological polar surface area (TPSA) is 0 Å². The Labute approximate surface area is 87.3 Å². The van der Waals surface area contributed by atoms with E-state index in [0.717, 1.165) is 5.92 Å². The van der Waals surface area contributed by atoms with Gasteiger partial charge in [-0.2, -0.15) is 0 Å². The van der Waals surface area contributed by atoms with E-state index in [0.29, 0.717) is 0 Å². The Balaban J connectivity index is 1.67. The second kappa shape index (κ2) is 5.19. The molecule has 1 aliphatic rings. The van der Waals surface area contributed by atoms with Crippen molar-refractivity contribution in [3.8, 4) is 0 Å². The molecule has 1 aromatic carbocycles. The highest BCUT2D eigenvalue weighted by molar-refractivity contribution is 5.22. The largest absolute Gasteiger partial charge is 0.0622 e. The minimum atomic E-state index is 1.02. The van der Waals surface area contributed by atoms with Gasteiger partial charge in [-0.1, -0.05) is 56.0 Å². The van der Waals surface area contributed by atoms with Crippen molar-refractivity contribution in [3.63, 3.8) is 0 Å². The van der Waals surface area contributed by atoms with E-state index in [1.807, 2.05) is 0 Å². The predicted octanol–water partition coefficient (Wildman–Crippen LogP) is 4.21. The highest BCUT2D eigenvalue weighted by Crippen LogP contribution is 2.29. The van der Waals surface area contributed by atoms with Gasteiger partial charge in [0, 0.05) is 0 Å². The second-order valence-corrected chi connectivity index (χ2v) is 4.34. The average molecular weight is 187 g/mol. The normalized spacial score (nSPS) is 17.4. The fourth-order valence-corrected chi connectivity index (χ4v) is 2.37. The summed E-state index contributed by atoms with van der Waals surface area (Å²) < 4.78 is 0. The molecular weight excluding hydrogens is 168 g/mol. The van der Waals surface area contributed by atoms with Crippen molar-refractivity contribution in [2.45, 2.75) is 38.5 Å². The van der Waals surface area contributed by atoms with Gasteiger partial charge in [-0.15, -0.1) is 0 Å². The van der Waals surface area contributed by atoms with Gasteiger partial charge in [-0.05, 0) is 30.7 Å². The molecule has 0 heteroatoms. The molecule has 0 heterocycles. The monoisotopic (exact) mass is 187 g/mol. The Bertz CT molecular complexity index is 244. The van der Waals surface area contributed by atoms with Gasteiger partial charge in [-0.25, -0.2) is 0 Å². The van der Waals surface area contributed by atoms with Crippen LogP contribution in [-0.2, 0) is 0 Å². The average Bonchev–Trinajstić information content (AvgIpc) is 2.72. The van der Waals surface area contributed by atoms with Gasteiger partial charge in [0.15, 0.2) is 0 Å². The van der Waals surface area contributed by atoms with E-state index in [1.165, 1.54) is 44.1 Å². The third-order valence-corrected chi connectivity index (χ3v) is 3.23. The molecule has 0 spiro atoms. The maximum absolute atomic E-state index is 2.37. The van der Waals surface area contributed by atoms with Crippen LogP contribution in [0.4, 0.5) is 0 Å². The minimum Gasteiger partial charge on any atom is -0.0622 e. The van der Waals surface area contributed by atoms with Gasteiger partial charge >= 0.3 is 0 Å². The Hall–Kier alpha value is -0.780. The zero-order chi connectivity index (χ0) is 9.64. The number of hydrogen-bond acceptors (Lipinski definition) is 0. The Kier molecular flexibility index (Phi) is 3.62. The molecule has 14 heavy (non-hydrogen) atoms. The third kappa shape index (κ3) is 2.87. The summed E-state index contributed by atoms with van der Waals surface area (Å²) in [6, 6.07) is 10.7. The molecule has 0 nitrogen and oxygen atoms in total. The zero-order valence-electron chi connectivity index (χ0n) is 8.78. The first kappa shape index (κ1) is 9.76. The first-order chi connectivity index (χ1) is 6.95. The summed E-state index contributed by atoms with van der Waals surface area (Å²) in [5.74, 6) is 1.02. The molecule has 0 unspecified atom stereocenters. The lowest BCUT2D eigenvalue weighted by molar-refractivity contribution is 0.503. The molecule has 1 fully saturated rings. The highest BCUT2D eigenvalue weighted by Gasteiger charge is 2.13. The lowest BCUT2D eigenvalue weighted by Crippen LogP contribution is -1.93. The molecule has 0 aromatic heterocycles. The Morgan fingerprint density at radius 3 is 2.50 bits per heavy atom. The number of hydrogen-bond donors (Lipinski definition) is 0. The molecule has 1 saturated carbocycles. The maximum atomic E-state index is 2.37. The van der Waals surface area contributed by atoms with Gasteiger partial charge in [0.1, 0.15) is 0 Å². The molecule has 75 valence electrons. The van der Waals surface area contributed by atoms with Gasteiger partial charge < -0.3 is 0 Å². The van der Waals surface area contributed by atoms with Crippen molar-refractivity contribution in [3.05, 3.63) is 42.3 Å². The van der Waals surface area contributed by atoms with Crippen molar-refractivity contribution >= 4 is 0 Å². The molecule has 1 radical (unpaired) electrons. The molecule has 0 atom stereocenters. The Morgan fingerprint density at radius 2 is 1.79 bits per heavy atom. The summed E-state index contributed by atoms with van der Waals surface area (Å²) in [6.45, 7) is 0. The van der Waals surface area contributed by atoms with Crippen LogP contribution in [0.5, 0.6) is 0 Å². The third-order valence-electron chi connectivity index (χ3n) is 3.23. The molecule has 0 saturated heterocycles. The molecule has 2 rings (SSSR count). The van der Waals surface area contributed by atoms with E-state index in [9.17, 15) is 0 Å². The van der Waals surface area contributed by atoms with Crippen LogP contribution >= 0.6 is 0 Å². The number of benzene rings is 1. The number of rotatable bonds is 4. The van der Waals surface area contributed by atoms with Gasteiger partial charge in [-0.3, -0.25) is 0 Å². The van der Waals surface area contributed by atoms with E-state index < -0.39 is 0 Å². The van der Waals surface area contributed by atoms with Gasteiger partial charge in [0.05, 0.1) is 0 Å². The van der Waals surface area contributed by atoms with Gasteiger partial charge in [0.25, 0.3) is 0 Å². The van der Waals surface area contributed by atoms with Crippen LogP contribution < -0.4 is 0 Å². The van der Waals surface area contributed by atoms with Crippen LogP contribution in [0, 0.1) is 12.3 Å². The Morgan fingerprint density at radius 1 is 1.07 bits per heavy atom. The SMILES string of the molecule is [CH](CCC1CCCC1)c1ccccc1. The van der Waals surface area contributed by atoms with Crippen LogP contribution in [0.15, 0.2) is 30.3 Å². The van der Waals surface area contributed by atoms with E-state index in [1.54, 1.807) is 0 Å². The van der Waals surface area contributed by atoms with Crippen LogP contribution in [0.3, 0.4) is 0 Å². The predicted molar refractivity (Wildman–Crippen MR) is 61.0 cm³/mol. The van der Waals surface area contributed by atoms with E-state index in [-0.39, 0.29) is 0 Å². The second-order valence-electron chi connectivity index (χ2n) is 4.34. The summed E-state index contributed by atoms with van der Waals surface area (Å²) in [4.78, 5) is 0. The van der Waals surface area contributed by atoms with Gasteiger partial charge in [0.2, 0.25) is 0 Å². The van der Waals surface area contributed by atoms with Crippen LogP contribution in [0.25, 0.3) is 0 Å². The quantitative estimate of drug-likeness (QED) is 0.662. The summed E-state index contributed by atoms with van der Waals surface area (Å²) in [7, 11) is 0. The van der Waals surface area contributed by atoms with Crippen LogP contribution in [0.2, 0.25) is 0 Å². The summed E-state index contributed by atoms with van der Waals surface area (Å²) >= 11 is 0. The fourth-order valence-electron chi connectivity index (χ4n) is 2.37.